The molecular formula is C17H11ClN2O2. The Kier molecular flexibility index (Phi) is 3.85. The van der Waals surface area contributed by atoms with Crippen LogP contribution in [0.3, 0.4) is 0 Å². The van der Waals surface area contributed by atoms with E-state index in [1.807, 2.05) is 24.3 Å². The van der Waals surface area contributed by atoms with Gasteiger partial charge in [0.2, 0.25) is 0 Å². The monoisotopic (exact) mass is 310 g/mol. The fourth-order valence-electron chi connectivity index (χ4n) is 2.21. The maximum Gasteiger partial charge on any atom is 0.276 e. The molecule has 5 heteroatoms. The van der Waals surface area contributed by atoms with E-state index in [1.54, 1.807) is 36.4 Å². The van der Waals surface area contributed by atoms with Crippen molar-refractivity contribution in [2.75, 3.05) is 0 Å². The number of nitro groups is 1. The van der Waals surface area contributed by atoms with Gasteiger partial charge in [-0.1, -0.05) is 41.9 Å². The molecule has 0 fully saturated rings. The van der Waals surface area contributed by atoms with Crippen LogP contribution in [0, 0.1) is 10.1 Å². The van der Waals surface area contributed by atoms with Gasteiger partial charge in [-0.2, -0.15) is 0 Å². The van der Waals surface area contributed by atoms with E-state index in [2.05, 4.69) is 4.98 Å². The molecule has 0 N–H and O–H groups in total. The van der Waals surface area contributed by atoms with Crippen LogP contribution in [0.2, 0.25) is 5.02 Å². The van der Waals surface area contributed by atoms with Crippen LogP contribution in [0.15, 0.2) is 54.6 Å². The molecule has 0 bridgehead atoms. The van der Waals surface area contributed by atoms with Crippen molar-refractivity contribution >= 4 is 40.3 Å². The SMILES string of the molecule is O=[N+]([O-])c1ccccc1/C=C/c1cc(Cl)c2ccccc2n1. The summed E-state index contributed by atoms with van der Waals surface area (Å²) in [5, 5.41) is 12.5. The molecule has 2 aromatic carbocycles. The summed E-state index contributed by atoms with van der Waals surface area (Å²) in [7, 11) is 0. The van der Waals surface area contributed by atoms with E-state index in [0.717, 1.165) is 10.9 Å². The number of benzene rings is 2. The van der Waals surface area contributed by atoms with Crippen molar-refractivity contribution in [2.45, 2.75) is 0 Å². The lowest BCUT2D eigenvalue weighted by Gasteiger charge is -2.02. The van der Waals surface area contributed by atoms with Crippen molar-refractivity contribution in [3.63, 3.8) is 0 Å². The Bertz CT molecular complexity index is 891. The van der Waals surface area contributed by atoms with Crippen LogP contribution in [0.1, 0.15) is 11.3 Å². The predicted octanol–water partition coefficient (Wildman–Crippen LogP) is 4.97. The van der Waals surface area contributed by atoms with Crippen LogP contribution in [-0.4, -0.2) is 9.91 Å². The summed E-state index contributed by atoms with van der Waals surface area (Å²) < 4.78 is 0. The van der Waals surface area contributed by atoms with Crippen molar-refractivity contribution in [3.05, 3.63) is 81.0 Å². The van der Waals surface area contributed by atoms with Gasteiger partial charge in [0.05, 0.1) is 26.7 Å². The highest BCUT2D eigenvalue weighted by molar-refractivity contribution is 6.35. The maximum absolute atomic E-state index is 11.0. The zero-order valence-corrected chi connectivity index (χ0v) is 12.2. The highest BCUT2D eigenvalue weighted by Crippen LogP contribution is 2.25. The van der Waals surface area contributed by atoms with Gasteiger partial charge in [-0.25, -0.2) is 4.98 Å². The van der Waals surface area contributed by atoms with Crippen molar-refractivity contribution in [1.29, 1.82) is 0 Å². The molecule has 0 aliphatic carbocycles. The smallest absolute Gasteiger partial charge is 0.258 e. The second kappa shape index (κ2) is 5.95. The summed E-state index contributed by atoms with van der Waals surface area (Å²) in [5.41, 5.74) is 2.03. The molecule has 22 heavy (non-hydrogen) atoms. The standard InChI is InChI=1S/C17H11ClN2O2/c18-15-11-13(19-16-7-3-2-6-14(15)16)10-9-12-5-1-4-8-17(12)20(21)22/h1-11H/b10-9+. The predicted molar refractivity (Wildman–Crippen MR) is 88.8 cm³/mol. The molecule has 0 unspecified atom stereocenters. The second-order valence-corrected chi connectivity index (χ2v) is 5.10. The van der Waals surface area contributed by atoms with E-state index < -0.39 is 4.92 Å². The van der Waals surface area contributed by atoms with Crippen LogP contribution >= 0.6 is 11.6 Å². The van der Waals surface area contributed by atoms with E-state index in [9.17, 15) is 10.1 Å². The van der Waals surface area contributed by atoms with E-state index >= 15 is 0 Å². The second-order valence-electron chi connectivity index (χ2n) is 4.70. The molecule has 1 heterocycles. The number of para-hydroxylation sites is 2. The fourth-order valence-corrected chi connectivity index (χ4v) is 2.48. The number of hydrogen-bond donors (Lipinski definition) is 0. The number of rotatable bonds is 3. The lowest BCUT2D eigenvalue weighted by Crippen LogP contribution is -1.90. The van der Waals surface area contributed by atoms with E-state index in [-0.39, 0.29) is 5.69 Å². The van der Waals surface area contributed by atoms with E-state index in [1.165, 1.54) is 6.07 Å². The van der Waals surface area contributed by atoms with Crippen molar-refractivity contribution in [3.8, 4) is 0 Å². The number of fused-ring (bicyclic) bond motifs is 1. The normalized spacial score (nSPS) is 11.1. The molecule has 0 aliphatic heterocycles. The van der Waals surface area contributed by atoms with Gasteiger partial charge < -0.3 is 0 Å². The lowest BCUT2D eigenvalue weighted by atomic mass is 10.1. The average molecular weight is 311 g/mol. The molecule has 0 saturated carbocycles. The largest absolute Gasteiger partial charge is 0.276 e. The van der Waals surface area contributed by atoms with Gasteiger partial charge in [0.1, 0.15) is 0 Å². The summed E-state index contributed by atoms with van der Waals surface area (Å²) in [4.78, 5) is 15.1. The Morgan fingerprint density at radius 1 is 1.05 bits per heavy atom. The Labute approximate surface area is 131 Å². The van der Waals surface area contributed by atoms with Gasteiger partial charge in [-0.05, 0) is 30.4 Å². The van der Waals surface area contributed by atoms with Gasteiger partial charge in [0.15, 0.2) is 0 Å². The zero-order chi connectivity index (χ0) is 15.5. The number of halogens is 1. The third-order valence-electron chi connectivity index (χ3n) is 3.25. The maximum atomic E-state index is 11.0. The number of nitrogens with zero attached hydrogens (tertiary/aromatic N) is 2. The average Bonchev–Trinajstić information content (AvgIpc) is 2.53. The molecule has 0 atom stereocenters. The van der Waals surface area contributed by atoms with Crippen LogP contribution in [0.5, 0.6) is 0 Å². The van der Waals surface area contributed by atoms with Crippen molar-refractivity contribution in [1.82, 2.24) is 4.98 Å². The van der Waals surface area contributed by atoms with Gasteiger partial charge in [-0.15, -0.1) is 0 Å². The van der Waals surface area contributed by atoms with Crippen LogP contribution in [0.4, 0.5) is 5.69 Å². The van der Waals surface area contributed by atoms with Crippen LogP contribution in [-0.2, 0) is 0 Å². The van der Waals surface area contributed by atoms with Crippen LogP contribution < -0.4 is 0 Å². The molecule has 1 aromatic heterocycles. The molecule has 0 spiro atoms. The fraction of sp³-hybridized carbons (Fsp3) is 0. The third kappa shape index (κ3) is 2.82. The molecular weight excluding hydrogens is 300 g/mol. The summed E-state index contributed by atoms with van der Waals surface area (Å²) in [6, 6.07) is 15.9. The zero-order valence-electron chi connectivity index (χ0n) is 11.4. The van der Waals surface area contributed by atoms with E-state index in [0.29, 0.717) is 16.3 Å². The van der Waals surface area contributed by atoms with Crippen LogP contribution in [0.25, 0.3) is 23.1 Å². The first-order chi connectivity index (χ1) is 10.6. The highest BCUT2D eigenvalue weighted by Gasteiger charge is 2.09. The topological polar surface area (TPSA) is 56.0 Å². The summed E-state index contributed by atoms with van der Waals surface area (Å²) >= 11 is 6.24. The molecule has 3 aromatic rings. The van der Waals surface area contributed by atoms with Gasteiger partial charge in [-0.3, -0.25) is 10.1 Å². The lowest BCUT2D eigenvalue weighted by molar-refractivity contribution is -0.385. The first kappa shape index (κ1) is 14.2. The minimum atomic E-state index is -0.402. The van der Waals surface area contributed by atoms with Gasteiger partial charge in [0.25, 0.3) is 5.69 Å². The molecule has 0 saturated heterocycles. The molecule has 0 radical (unpaired) electrons. The Hall–Kier alpha value is -2.72. The van der Waals surface area contributed by atoms with Crippen molar-refractivity contribution < 1.29 is 4.92 Å². The van der Waals surface area contributed by atoms with Gasteiger partial charge >= 0.3 is 0 Å². The minimum absolute atomic E-state index is 0.0608. The molecule has 0 amide bonds. The summed E-state index contributed by atoms with van der Waals surface area (Å²) in [6.07, 6.45) is 3.40. The Morgan fingerprint density at radius 2 is 1.77 bits per heavy atom. The molecule has 0 aliphatic rings. The number of hydrogen-bond acceptors (Lipinski definition) is 3. The molecule has 3 rings (SSSR count). The molecule has 108 valence electrons. The summed E-state index contributed by atoms with van der Waals surface area (Å²) in [6.45, 7) is 0. The number of pyridine rings is 1. The Morgan fingerprint density at radius 3 is 2.59 bits per heavy atom. The van der Waals surface area contributed by atoms with Crippen molar-refractivity contribution in [2.24, 2.45) is 0 Å². The third-order valence-corrected chi connectivity index (χ3v) is 3.57. The first-order valence-electron chi connectivity index (χ1n) is 6.62. The Balaban J connectivity index is 2.02. The highest BCUT2D eigenvalue weighted by atomic mass is 35.5. The molecule has 4 nitrogen and oxygen atoms in total. The quantitative estimate of drug-likeness (QED) is 0.507. The minimum Gasteiger partial charge on any atom is -0.258 e. The van der Waals surface area contributed by atoms with Gasteiger partial charge in [0, 0.05) is 11.5 Å². The number of nitro benzene ring substituents is 1. The first-order valence-corrected chi connectivity index (χ1v) is 7.00. The number of aromatic nitrogens is 1. The van der Waals surface area contributed by atoms with E-state index in [4.69, 9.17) is 11.6 Å². The summed E-state index contributed by atoms with van der Waals surface area (Å²) in [5.74, 6) is 0.